The van der Waals surface area contributed by atoms with Gasteiger partial charge in [-0.3, -0.25) is 9.59 Å². The maximum Gasteiger partial charge on any atom is 0.254 e. The summed E-state index contributed by atoms with van der Waals surface area (Å²) in [6, 6.07) is 7.99. The van der Waals surface area contributed by atoms with Crippen molar-refractivity contribution in [2.24, 2.45) is 5.73 Å². The molecule has 25 heavy (non-hydrogen) atoms. The van der Waals surface area contributed by atoms with E-state index in [-0.39, 0.29) is 17.9 Å². The Morgan fingerprint density at radius 1 is 1.28 bits per heavy atom. The first-order valence-corrected chi connectivity index (χ1v) is 10.3. The molecule has 1 aliphatic heterocycles. The van der Waals surface area contributed by atoms with Crippen LogP contribution in [0, 0.1) is 0 Å². The number of hydrogen-bond donors (Lipinski definition) is 2. The number of nitrogens with two attached hydrogens (primary N) is 1. The van der Waals surface area contributed by atoms with Crippen LogP contribution in [-0.4, -0.2) is 48.1 Å². The molecule has 5 nitrogen and oxygen atoms in total. The summed E-state index contributed by atoms with van der Waals surface area (Å²) in [5.74, 6) is 2.09. The van der Waals surface area contributed by atoms with Crippen LogP contribution in [0.5, 0.6) is 0 Å². The molecule has 0 bridgehead atoms. The Morgan fingerprint density at radius 3 is 2.72 bits per heavy atom. The van der Waals surface area contributed by atoms with Gasteiger partial charge in [0.1, 0.15) is 0 Å². The van der Waals surface area contributed by atoms with E-state index in [0.29, 0.717) is 19.5 Å². The van der Waals surface area contributed by atoms with E-state index in [2.05, 4.69) is 12.2 Å². The molecule has 0 saturated carbocycles. The summed E-state index contributed by atoms with van der Waals surface area (Å²) >= 11 is 1.87. The monoisotopic (exact) mass is 363 g/mol. The highest BCUT2D eigenvalue weighted by atomic mass is 32.2. The number of carbonyl (C=O) groups is 2. The first-order valence-electron chi connectivity index (χ1n) is 9.10. The van der Waals surface area contributed by atoms with E-state index < -0.39 is 0 Å². The SMILES string of the molecule is CCSCc1ccc(C(=O)N2CCCCC2CNC(=O)CCN)cc1. The minimum atomic E-state index is -0.0433. The van der Waals surface area contributed by atoms with Crippen LogP contribution in [-0.2, 0) is 10.5 Å². The second-order valence-electron chi connectivity index (χ2n) is 6.32. The highest BCUT2D eigenvalue weighted by Crippen LogP contribution is 2.20. The summed E-state index contributed by atoms with van der Waals surface area (Å²) in [7, 11) is 0. The molecule has 138 valence electrons. The molecule has 1 aromatic rings. The third kappa shape index (κ3) is 6.04. The van der Waals surface area contributed by atoms with Crippen LogP contribution in [0.1, 0.15) is 48.5 Å². The average Bonchev–Trinajstić information content (AvgIpc) is 2.65. The quantitative estimate of drug-likeness (QED) is 0.744. The second kappa shape index (κ2) is 10.5. The molecule has 1 atom stereocenters. The van der Waals surface area contributed by atoms with Gasteiger partial charge in [0.15, 0.2) is 0 Å². The fourth-order valence-electron chi connectivity index (χ4n) is 3.06. The predicted octanol–water partition coefficient (Wildman–Crippen LogP) is 2.40. The van der Waals surface area contributed by atoms with Crippen molar-refractivity contribution in [2.75, 3.05) is 25.4 Å². The minimum absolute atomic E-state index is 0.0433. The number of nitrogens with zero attached hydrogens (tertiary/aromatic N) is 1. The Bertz CT molecular complexity index is 562. The van der Waals surface area contributed by atoms with E-state index in [9.17, 15) is 9.59 Å². The lowest BCUT2D eigenvalue weighted by atomic mass is 10.00. The zero-order chi connectivity index (χ0) is 18.1. The number of benzene rings is 1. The van der Waals surface area contributed by atoms with Gasteiger partial charge in [0, 0.05) is 43.4 Å². The van der Waals surface area contributed by atoms with Crippen LogP contribution in [0.15, 0.2) is 24.3 Å². The van der Waals surface area contributed by atoms with Gasteiger partial charge in [0.05, 0.1) is 0 Å². The Kier molecular flexibility index (Phi) is 8.28. The molecule has 1 aliphatic rings. The van der Waals surface area contributed by atoms with E-state index in [1.54, 1.807) is 0 Å². The van der Waals surface area contributed by atoms with E-state index in [1.807, 2.05) is 40.9 Å². The van der Waals surface area contributed by atoms with Gasteiger partial charge in [-0.1, -0.05) is 19.1 Å². The molecule has 2 amide bonds. The van der Waals surface area contributed by atoms with Crippen molar-refractivity contribution < 1.29 is 9.59 Å². The van der Waals surface area contributed by atoms with Crippen LogP contribution in [0.4, 0.5) is 0 Å². The molecular weight excluding hydrogens is 334 g/mol. The van der Waals surface area contributed by atoms with Gasteiger partial charge in [0.25, 0.3) is 5.91 Å². The number of likely N-dealkylation sites (tertiary alicyclic amines) is 1. The van der Waals surface area contributed by atoms with E-state index in [0.717, 1.165) is 42.9 Å². The van der Waals surface area contributed by atoms with Gasteiger partial charge < -0.3 is 16.0 Å². The van der Waals surface area contributed by atoms with Crippen LogP contribution < -0.4 is 11.1 Å². The Morgan fingerprint density at radius 2 is 2.04 bits per heavy atom. The molecule has 1 saturated heterocycles. The van der Waals surface area contributed by atoms with Gasteiger partial charge >= 0.3 is 0 Å². The normalized spacial score (nSPS) is 17.4. The molecule has 6 heteroatoms. The molecule has 3 N–H and O–H groups in total. The molecule has 0 radical (unpaired) electrons. The highest BCUT2D eigenvalue weighted by Gasteiger charge is 2.27. The minimum Gasteiger partial charge on any atom is -0.354 e. The van der Waals surface area contributed by atoms with Gasteiger partial charge in [-0.2, -0.15) is 11.8 Å². The summed E-state index contributed by atoms with van der Waals surface area (Å²) in [4.78, 5) is 26.5. The molecule has 1 unspecified atom stereocenters. The van der Waals surface area contributed by atoms with Crippen LogP contribution >= 0.6 is 11.8 Å². The van der Waals surface area contributed by atoms with E-state index in [4.69, 9.17) is 5.73 Å². The van der Waals surface area contributed by atoms with Crippen molar-refractivity contribution in [3.63, 3.8) is 0 Å². The van der Waals surface area contributed by atoms with E-state index in [1.165, 1.54) is 5.56 Å². The van der Waals surface area contributed by atoms with E-state index >= 15 is 0 Å². The molecule has 0 spiro atoms. The number of nitrogens with one attached hydrogen (secondary N) is 1. The number of thioether (sulfide) groups is 1. The lowest BCUT2D eigenvalue weighted by molar-refractivity contribution is -0.121. The Labute approximate surface area is 154 Å². The topological polar surface area (TPSA) is 75.4 Å². The first kappa shape index (κ1) is 19.8. The van der Waals surface area contributed by atoms with Crippen molar-refractivity contribution in [3.05, 3.63) is 35.4 Å². The number of amides is 2. The zero-order valence-electron chi connectivity index (χ0n) is 15.0. The van der Waals surface area contributed by atoms with Gasteiger partial charge in [-0.05, 0) is 42.7 Å². The molecule has 1 fully saturated rings. The molecule has 1 heterocycles. The summed E-state index contributed by atoms with van der Waals surface area (Å²) in [6.07, 6.45) is 3.37. The smallest absolute Gasteiger partial charge is 0.254 e. The standard InChI is InChI=1S/C19H29N3O2S/c1-2-25-14-15-6-8-16(9-7-15)19(24)22-12-4-3-5-17(22)13-21-18(23)10-11-20/h6-9,17H,2-5,10-14,20H2,1H3,(H,21,23). The molecule has 0 aliphatic carbocycles. The van der Waals surface area contributed by atoms with Crippen molar-refractivity contribution in [1.82, 2.24) is 10.2 Å². The predicted molar refractivity (Wildman–Crippen MR) is 104 cm³/mol. The van der Waals surface area contributed by atoms with Crippen molar-refractivity contribution in [2.45, 2.75) is 44.4 Å². The number of carbonyl (C=O) groups excluding carboxylic acids is 2. The Hall–Kier alpha value is -1.53. The maximum atomic E-state index is 12.9. The summed E-state index contributed by atoms with van der Waals surface area (Å²) in [5, 5.41) is 2.91. The molecular formula is C19H29N3O2S. The Balaban J connectivity index is 1.98. The average molecular weight is 364 g/mol. The molecule has 0 aromatic heterocycles. The van der Waals surface area contributed by atoms with Gasteiger partial charge in [-0.25, -0.2) is 0 Å². The largest absolute Gasteiger partial charge is 0.354 e. The summed E-state index contributed by atoms with van der Waals surface area (Å²) in [6.45, 7) is 3.76. The van der Waals surface area contributed by atoms with Crippen molar-refractivity contribution in [3.8, 4) is 0 Å². The number of rotatable bonds is 8. The third-order valence-electron chi connectivity index (χ3n) is 4.47. The number of hydrogen-bond acceptors (Lipinski definition) is 4. The second-order valence-corrected chi connectivity index (χ2v) is 7.60. The molecule has 2 rings (SSSR count). The van der Waals surface area contributed by atoms with Crippen LogP contribution in [0.3, 0.4) is 0 Å². The first-order chi connectivity index (χ1) is 12.2. The van der Waals surface area contributed by atoms with Crippen LogP contribution in [0.25, 0.3) is 0 Å². The van der Waals surface area contributed by atoms with Gasteiger partial charge in [0.2, 0.25) is 5.91 Å². The highest BCUT2D eigenvalue weighted by molar-refractivity contribution is 7.98. The lowest BCUT2D eigenvalue weighted by Crippen LogP contribution is -2.49. The lowest BCUT2D eigenvalue weighted by Gasteiger charge is -2.36. The maximum absolute atomic E-state index is 12.9. The van der Waals surface area contributed by atoms with Gasteiger partial charge in [-0.15, -0.1) is 0 Å². The zero-order valence-corrected chi connectivity index (χ0v) is 15.8. The summed E-state index contributed by atoms with van der Waals surface area (Å²) < 4.78 is 0. The van der Waals surface area contributed by atoms with Crippen LogP contribution in [0.2, 0.25) is 0 Å². The fraction of sp³-hybridized carbons (Fsp3) is 0.579. The summed E-state index contributed by atoms with van der Waals surface area (Å²) in [5.41, 5.74) is 7.38. The third-order valence-corrected chi connectivity index (χ3v) is 5.41. The van der Waals surface area contributed by atoms with Crippen molar-refractivity contribution >= 4 is 23.6 Å². The fourth-order valence-corrected chi connectivity index (χ4v) is 3.69. The van der Waals surface area contributed by atoms with Crippen molar-refractivity contribution in [1.29, 1.82) is 0 Å². The molecule has 1 aromatic carbocycles. The number of piperidine rings is 1.